The fourth-order valence-electron chi connectivity index (χ4n) is 2.69. The Kier molecular flexibility index (Phi) is 5.21. The van der Waals surface area contributed by atoms with Crippen molar-refractivity contribution in [3.05, 3.63) is 34.3 Å². The van der Waals surface area contributed by atoms with Crippen LogP contribution in [0.15, 0.2) is 18.2 Å². The number of hydrogen-bond donors (Lipinski definition) is 1. The molecule has 0 aromatic heterocycles. The van der Waals surface area contributed by atoms with Crippen molar-refractivity contribution in [3.63, 3.8) is 0 Å². The van der Waals surface area contributed by atoms with Crippen LogP contribution in [0.25, 0.3) is 0 Å². The fraction of sp³-hybridized carbons (Fsp3) is 0.562. The largest absolute Gasteiger partial charge is 0.481 e. The zero-order valence-corrected chi connectivity index (χ0v) is 15.0. The highest BCUT2D eigenvalue weighted by Crippen LogP contribution is 2.44. The van der Waals surface area contributed by atoms with E-state index in [0.29, 0.717) is 0 Å². The summed E-state index contributed by atoms with van der Waals surface area (Å²) in [6, 6.07) is 3.09. The summed E-state index contributed by atoms with van der Waals surface area (Å²) in [5.41, 5.74) is -2.80. The number of carbonyl (C=O) groups is 1. The summed E-state index contributed by atoms with van der Waals surface area (Å²) in [6.07, 6.45) is -5.24. The second kappa shape index (κ2) is 6.48. The average Bonchev–Trinajstić information content (AvgIpc) is 2.62. The maximum Gasteiger partial charge on any atom is 0.466 e. The van der Waals surface area contributed by atoms with Gasteiger partial charge < -0.3 is 14.4 Å². The quantitative estimate of drug-likeness (QED) is 0.781. The van der Waals surface area contributed by atoms with Gasteiger partial charge in [-0.25, -0.2) is 0 Å². The first kappa shape index (κ1) is 20.1. The Labute approximate surface area is 149 Å². The van der Waals surface area contributed by atoms with Crippen molar-refractivity contribution in [2.24, 2.45) is 0 Å². The second-order valence-corrected chi connectivity index (χ2v) is 7.49. The minimum atomic E-state index is -4.65. The van der Waals surface area contributed by atoms with Gasteiger partial charge in [0.1, 0.15) is 0 Å². The van der Waals surface area contributed by atoms with E-state index in [1.807, 2.05) is 0 Å². The van der Waals surface area contributed by atoms with Crippen LogP contribution in [0.5, 0.6) is 0 Å². The Bertz CT molecular complexity index is 660. The zero-order chi connectivity index (χ0) is 19.2. The molecule has 1 saturated heterocycles. The second-order valence-electron chi connectivity index (χ2n) is 7.06. The first-order valence-corrected chi connectivity index (χ1v) is 8.06. The Morgan fingerprint density at radius 2 is 1.76 bits per heavy atom. The van der Waals surface area contributed by atoms with E-state index in [2.05, 4.69) is 0 Å². The molecule has 2 rings (SSSR count). The molecule has 9 heteroatoms. The molecule has 0 amide bonds. The van der Waals surface area contributed by atoms with Crippen LogP contribution in [0, 0.1) is 0 Å². The lowest BCUT2D eigenvalue weighted by molar-refractivity contribution is -0.140. The van der Waals surface area contributed by atoms with E-state index in [1.165, 1.54) is 0 Å². The van der Waals surface area contributed by atoms with Crippen LogP contribution >= 0.6 is 11.6 Å². The van der Waals surface area contributed by atoms with Crippen LogP contribution in [-0.4, -0.2) is 29.4 Å². The molecule has 1 aliphatic heterocycles. The van der Waals surface area contributed by atoms with Crippen LogP contribution in [0.3, 0.4) is 0 Å². The Morgan fingerprint density at radius 1 is 1.24 bits per heavy atom. The summed E-state index contributed by atoms with van der Waals surface area (Å²) in [7, 11) is -1.14. The van der Waals surface area contributed by atoms with Crippen LogP contribution in [0.1, 0.15) is 51.1 Å². The highest BCUT2D eigenvalue weighted by molar-refractivity contribution is 6.48. The number of rotatable bonds is 4. The topological polar surface area (TPSA) is 55.8 Å². The van der Waals surface area contributed by atoms with Crippen LogP contribution in [-0.2, 0) is 20.3 Å². The molecule has 0 radical (unpaired) electrons. The molecule has 0 bridgehead atoms. The first-order valence-electron chi connectivity index (χ1n) is 7.69. The average molecular weight is 379 g/mol. The van der Waals surface area contributed by atoms with Crippen molar-refractivity contribution in [2.75, 3.05) is 0 Å². The number of aliphatic carboxylic acids is 1. The van der Waals surface area contributed by atoms with Gasteiger partial charge in [-0.15, -0.1) is 0 Å². The van der Waals surface area contributed by atoms with E-state index in [-0.39, 0.29) is 10.6 Å². The van der Waals surface area contributed by atoms with E-state index in [1.54, 1.807) is 27.7 Å². The molecule has 25 heavy (non-hydrogen) atoms. The first-order chi connectivity index (χ1) is 11.2. The van der Waals surface area contributed by atoms with Gasteiger partial charge in [-0.3, -0.25) is 4.79 Å². The Hall–Kier alpha value is -1.25. The summed E-state index contributed by atoms with van der Waals surface area (Å²) in [5.74, 6) is -2.42. The van der Waals surface area contributed by atoms with Gasteiger partial charge in [0.15, 0.2) is 0 Å². The van der Waals surface area contributed by atoms with Crippen molar-refractivity contribution >= 4 is 24.7 Å². The standard InChI is InChI=1S/C16H19BClF3O4/c1-14(2)15(3,4)25-17(24-14)12(8-13(22)23)10-7-9(18)5-6-11(10)16(19,20)21/h5-7,12H,8H2,1-4H3,(H,22,23). The molecule has 0 aliphatic carbocycles. The SMILES string of the molecule is CC1(C)OB(C(CC(=O)O)c2cc(Cl)ccc2C(F)(F)F)OC1(C)C. The summed E-state index contributed by atoms with van der Waals surface area (Å²) >= 11 is 5.87. The van der Waals surface area contributed by atoms with Gasteiger partial charge in [0, 0.05) is 10.8 Å². The maximum absolute atomic E-state index is 13.4. The Morgan fingerprint density at radius 3 is 2.20 bits per heavy atom. The predicted octanol–water partition coefficient (Wildman–Crippen LogP) is 4.55. The number of carboxylic acids is 1. The van der Waals surface area contributed by atoms with Crippen molar-refractivity contribution in [2.45, 2.75) is 57.3 Å². The lowest BCUT2D eigenvalue weighted by Crippen LogP contribution is -2.41. The van der Waals surface area contributed by atoms with Crippen LogP contribution < -0.4 is 0 Å². The van der Waals surface area contributed by atoms with E-state index >= 15 is 0 Å². The predicted molar refractivity (Wildman–Crippen MR) is 87.5 cm³/mol. The molecule has 0 saturated carbocycles. The Balaban J connectivity index is 2.54. The van der Waals surface area contributed by atoms with Gasteiger partial charge in [0.05, 0.1) is 23.2 Å². The normalized spacial score (nSPS) is 20.6. The fourth-order valence-corrected chi connectivity index (χ4v) is 2.87. The van der Waals surface area contributed by atoms with E-state index in [0.717, 1.165) is 18.2 Å². The van der Waals surface area contributed by atoms with Crippen molar-refractivity contribution in [1.82, 2.24) is 0 Å². The molecule has 1 heterocycles. The molecule has 1 aliphatic rings. The third-order valence-electron chi connectivity index (χ3n) is 4.71. The van der Waals surface area contributed by atoms with E-state index < -0.39 is 48.3 Å². The van der Waals surface area contributed by atoms with Gasteiger partial charge in [-0.1, -0.05) is 11.6 Å². The van der Waals surface area contributed by atoms with E-state index in [4.69, 9.17) is 20.9 Å². The smallest absolute Gasteiger partial charge is 0.466 e. The van der Waals surface area contributed by atoms with Gasteiger partial charge >= 0.3 is 19.3 Å². The maximum atomic E-state index is 13.4. The lowest BCUT2D eigenvalue weighted by atomic mass is 9.65. The summed E-state index contributed by atoms with van der Waals surface area (Å²) < 4.78 is 51.8. The van der Waals surface area contributed by atoms with Gasteiger partial charge in [0.25, 0.3) is 0 Å². The zero-order valence-electron chi connectivity index (χ0n) is 14.3. The molecule has 1 N–H and O–H groups in total. The molecule has 1 aromatic rings. The highest BCUT2D eigenvalue weighted by atomic mass is 35.5. The summed E-state index contributed by atoms with van der Waals surface area (Å²) in [5, 5.41) is 9.28. The molecule has 0 spiro atoms. The number of halogens is 4. The highest BCUT2D eigenvalue weighted by Gasteiger charge is 2.55. The van der Waals surface area contributed by atoms with Gasteiger partial charge in [0.2, 0.25) is 0 Å². The van der Waals surface area contributed by atoms with Crippen molar-refractivity contribution in [1.29, 1.82) is 0 Å². The molecule has 1 atom stereocenters. The number of carboxylic acid groups (broad SMARTS) is 1. The molecular formula is C16H19BClF3O4. The molecule has 1 aromatic carbocycles. The molecule has 1 fully saturated rings. The molecule has 4 nitrogen and oxygen atoms in total. The van der Waals surface area contributed by atoms with E-state index in [9.17, 15) is 23.1 Å². The summed E-state index contributed by atoms with van der Waals surface area (Å²) in [6.45, 7) is 6.97. The van der Waals surface area contributed by atoms with Crippen molar-refractivity contribution < 1.29 is 32.4 Å². The number of benzene rings is 1. The number of hydrogen-bond acceptors (Lipinski definition) is 3. The molecular weight excluding hydrogens is 359 g/mol. The monoisotopic (exact) mass is 378 g/mol. The van der Waals surface area contributed by atoms with Crippen molar-refractivity contribution in [3.8, 4) is 0 Å². The van der Waals surface area contributed by atoms with Crippen LogP contribution in [0.4, 0.5) is 13.2 Å². The third-order valence-corrected chi connectivity index (χ3v) is 4.95. The third kappa shape index (κ3) is 4.12. The molecule has 1 unspecified atom stereocenters. The summed E-state index contributed by atoms with van der Waals surface area (Å²) in [4.78, 5) is 11.3. The van der Waals surface area contributed by atoms with Gasteiger partial charge in [-0.05, 0) is 51.5 Å². The minimum absolute atomic E-state index is 0.0786. The molecule has 138 valence electrons. The minimum Gasteiger partial charge on any atom is -0.481 e. The van der Waals surface area contributed by atoms with Crippen LogP contribution in [0.2, 0.25) is 5.02 Å². The lowest BCUT2D eigenvalue weighted by Gasteiger charge is -2.32. The van der Waals surface area contributed by atoms with Gasteiger partial charge in [-0.2, -0.15) is 13.2 Å². The number of alkyl halides is 3.